The van der Waals surface area contributed by atoms with Gasteiger partial charge in [-0.3, -0.25) is 0 Å². The predicted octanol–water partition coefficient (Wildman–Crippen LogP) is 3.43. The fourth-order valence-corrected chi connectivity index (χ4v) is 2.56. The predicted molar refractivity (Wildman–Crippen MR) is 71.4 cm³/mol. The molecule has 1 aliphatic carbocycles. The Hall–Kier alpha value is -1.02. The monoisotopic (exact) mass is 233 g/mol. The van der Waals surface area contributed by atoms with Gasteiger partial charge in [-0.1, -0.05) is 24.6 Å². The number of hydrogen-bond donors (Lipinski definition) is 1. The zero-order chi connectivity index (χ0) is 12.1. The van der Waals surface area contributed by atoms with Crippen molar-refractivity contribution in [3.8, 4) is 5.75 Å². The van der Waals surface area contributed by atoms with Crippen molar-refractivity contribution in [1.82, 2.24) is 5.32 Å². The first-order chi connectivity index (χ1) is 8.31. The third-order valence-electron chi connectivity index (χ3n) is 3.50. The summed E-state index contributed by atoms with van der Waals surface area (Å²) >= 11 is 0. The van der Waals surface area contributed by atoms with Gasteiger partial charge < -0.3 is 10.1 Å². The average Bonchev–Trinajstić information content (AvgIpc) is 2.35. The summed E-state index contributed by atoms with van der Waals surface area (Å²) in [6.07, 6.45) is 6.87. The second-order valence-corrected chi connectivity index (χ2v) is 4.97. The maximum atomic E-state index is 6.23. The Bertz CT molecular complexity index is 356. The van der Waals surface area contributed by atoms with Crippen molar-refractivity contribution in [3.63, 3.8) is 0 Å². The van der Waals surface area contributed by atoms with Gasteiger partial charge in [0, 0.05) is 12.1 Å². The molecule has 1 saturated carbocycles. The summed E-state index contributed by atoms with van der Waals surface area (Å²) in [6, 6.07) is 6.40. The first-order valence-corrected chi connectivity index (χ1v) is 6.71. The molecule has 94 valence electrons. The van der Waals surface area contributed by atoms with Crippen LogP contribution in [0.2, 0.25) is 0 Å². The summed E-state index contributed by atoms with van der Waals surface area (Å²) in [6.45, 7) is 3.01. The topological polar surface area (TPSA) is 21.3 Å². The van der Waals surface area contributed by atoms with Gasteiger partial charge in [-0.15, -0.1) is 0 Å². The van der Waals surface area contributed by atoms with Gasteiger partial charge in [0.15, 0.2) is 0 Å². The van der Waals surface area contributed by atoms with Crippen LogP contribution in [0.15, 0.2) is 18.2 Å². The lowest BCUT2D eigenvalue weighted by Crippen LogP contribution is -2.21. The normalized spacial score (nSPS) is 17.1. The second kappa shape index (κ2) is 6.06. The average molecular weight is 233 g/mol. The van der Waals surface area contributed by atoms with Crippen LogP contribution in [0.4, 0.5) is 0 Å². The maximum Gasteiger partial charge on any atom is 0.127 e. The van der Waals surface area contributed by atoms with E-state index in [0.29, 0.717) is 6.10 Å². The molecular weight excluding hydrogens is 210 g/mol. The molecular formula is C15H23NO. The van der Waals surface area contributed by atoms with Crippen molar-refractivity contribution in [2.24, 2.45) is 0 Å². The molecule has 2 rings (SSSR count). The molecule has 17 heavy (non-hydrogen) atoms. The molecule has 2 nitrogen and oxygen atoms in total. The van der Waals surface area contributed by atoms with Crippen molar-refractivity contribution in [2.45, 2.75) is 51.7 Å². The van der Waals surface area contributed by atoms with Crippen LogP contribution >= 0.6 is 0 Å². The van der Waals surface area contributed by atoms with Crippen molar-refractivity contribution in [1.29, 1.82) is 0 Å². The van der Waals surface area contributed by atoms with Gasteiger partial charge in [-0.2, -0.15) is 0 Å². The summed E-state index contributed by atoms with van der Waals surface area (Å²) in [5.41, 5.74) is 2.53. The Morgan fingerprint density at radius 3 is 2.71 bits per heavy atom. The third kappa shape index (κ3) is 3.22. The second-order valence-electron chi connectivity index (χ2n) is 4.97. The fourth-order valence-electron chi connectivity index (χ4n) is 2.56. The minimum absolute atomic E-state index is 0.431. The summed E-state index contributed by atoms with van der Waals surface area (Å²) < 4.78 is 6.23. The van der Waals surface area contributed by atoms with Crippen molar-refractivity contribution >= 4 is 0 Å². The van der Waals surface area contributed by atoms with E-state index in [1.807, 2.05) is 7.05 Å². The SMILES string of the molecule is CNCc1cccc(C)c1OC1CCCCC1. The number of aryl methyl sites for hydroxylation is 1. The van der Waals surface area contributed by atoms with E-state index in [1.165, 1.54) is 43.2 Å². The number of benzene rings is 1. The Labute approximate surface area is 104 Å². The molecule has 0 amide bonds. The van der Waals surface area contributed by atoms with Gasteiger partial charge in [0.05, 0.1) is 6.10 Å². The number of ether oxygens (including phenoxy) is 1. The first kappa shape index (κ1) is 12.4. The lowest BCUT2D eigenvalue weighted by atomic mass is 9.97. The third-order valence-corrected chi connectivity index (χ3v) is 3.50. The largest absolute Gasteiger partial charge is 0.490 e. The Morgan fingerprint density at radius 1 is 1.24 bits per heavy atom. The van der Waals surface area contributed by atoms with E-state index in [1.54, 1.807) is 0 Å². The van der Waals surface area contributed by atoms with E-state index in [-0.39, 0.29) is 0 Å². The smallest absolute Gasteiger partial charge is 0.127 e. The van der Waals surface area contributed by atoms with E-state index in [4.69, 9.17) is 4.74 Å². The van der Waals surface area contributed by atoms with Crippen LogP contribution in [-0.4, -0.2) is 13.2 Å². The molecule has 0 unspecified atom stereocenters. The highest BCUT2D eigenvalue weighted by Crippen LogP contribution is 2.28. The zero-order valence-electron chi connectivity index (χ0n) is 11.0. The Kier molecular flexibility index (Phi) is 4.43. The number of rotatable bonds is 4. The first-order valence-electron chi connectivity index (χ1n) is 6.71. The molecule has 0 atom stereocenters. The molecule has 0 aromatic heterocycles. The van der Waals surface area contributed by atoms with E-state index in [2.05, 4.69) is 30.4 Å². The van der Waals surface area contributed by atoms with E-state index in [0.717, 1.165) is 12.3 Å². The van der Waals surface area contributed by atoms with Gasteiger partial charge in [0.2, 0.25) is 0 Å². The van der Waals surface area contributed by atoms with Crippen LogP contribution in [0.5, 0.6) is 5.75 Å². The molecule has 0 saturated heterocycles. The molecule has 1 fully saturated rings. The number of para-hydroxylation sites is 1. The highest BCUT2D eigenvalue weighted by molar-refractivity contribution is 5.40. The fraction of sp³-hybridized carbons (Fsp3) is 0.600. The van der Waals surface area contributed by atoms with Gasteiger partial charge in [0.25, 0.3) is 0 Å². The lowest BCUT2D eigenvalue weighted by Gasteiger charge is -2.25. The Morgan fingerprint density at radius 2 is 2.00 bits per heavy atom. The molecule has 0 aliphatic heterocycles. The van der Waals surface area contributed by atoms with Crippen molar-refractivity contribution in [3.05, 3.63) is 29.3 Å². The molecule has 1 aromatic carbocycles. The highest BCUT2D eigenvalue weighted by Gasteiger charge is 2.17. The maximum absolute atomic E-state index is 6.23. The van der Waals surface area contributed by atoms with Crippen molar-refractivity contribution < 1.29 is 4.74 Å². The van der Waals surface area contributed by atoms with Gasteiger partial charge in [-0.05, 0) is 45.2 Å². The molecule has 0 heterocycles. The standard InChI is InChI=1S/C15H23NO/c1-12-7-6-8-13(11-16-2)15(12)17-14-9-4-3-5-10-14/h6-8,14,16H,3-5,9-11H2,1-2H3. The quantitative estimate of drug-likeness (QED) is 0.860. The van der Waals surface area contributed by atoms with E-state index >= 15 is 0 Å². The molecule has 0 spiro atoms. The molecule has 0 bridgehead atoms. The summed E-state index contributed by atoms with van der Waals surface area (Å²) in [4.78, 5) is 0. The summed E-state index contributed by atoms with van der Waals surface area (Å²) in [5, 5.41) is 3.21. The van der Waals surface area contributed by atoms with E-state index in [9.17, 15) is 0 Å². The molecule has 2 heteroatoms. The minimum Gasteiger partial charge on any atom is -0.490 e. The summed E-state index contributed by atoms with van der Waals surface area (Å²) in [7, 11) is 1.98. The van der Waals surface area contributed by atoms with Crippen LogP contribution in [-0.2, 0) is 6.54 Å². The van der Waals surface area contributed by atoms with Crippen LogP contribution < -0.4 is 10.1 Å². The lowest BCUT2D eigenvalue weighted by molar-refractivity contribution is 0.152. The Balaban J connectivity index is 2.12. The van der Waals surface area contributed by atoms with E-state index < -0.39 is 0 Å². The molecule has 1 aromatic rings. The molecule has 0 radical (unpaired) electrons. The van der Waals surface area contributed by atoms with Gasteiger partial charge >= 0.3 is 0 Å². The van der Waals surface area contributed by atoms with Crippen LogP contribution in [0, 0.1) is 6.92 Å². The highest BCUT2D eigenvalue weighted by atomic mass is 16.5. The number of hydrogen-bond acceptors (Lipinski definition) is 2. The molecule has 1 N–H and O–H groups in total. The zero-order valence-corrected chi connectivity index (χ0v) is 11.0. The van der Waals surface area contributed by atoms with Crippen LogP contribution in [0.3, 0.4) is 0 Å². The van der Waals surface area contributed by atoms with Crippen LogP contribution in [0.1, 0.15) is 43.2 Å². The van der Waals surface area contributed by atoms with Gasteiger partial charge in [0.1, 0.15) is 5.75 Å². The summed E-state index contributed by atoms with van der Waals surface area (Å²) in [5.74, 6) is 1.11. The van der Waals surface area contributed by atoms with Crippen LogP contribution in [0.25, 0.3) is 0 Å². The van der Waals surface area contributed by atoms with Crippen molar-refractivity contribution in [2.75, 3.05) is 7.05 Å². The van der Waals surface area contributed by atoms with Gasteiger partial charge in [-0.25, -0.2) is 0 Å². The number of nitrogens with one attached hydrogen (secondary N) is 1. The minimum atomic E-state index is 0.431. The molecule has 1 aliphatic rings.